The van der Waals surface area contributed by atoms with E-state index in [0.29, 0.717) is 16.4 Å². The average Bonchev–Trinajstić information content (AvgIpc) is 2.63. The van der Waals surface area contributed by atoms with Gasteiger partial charge in [-0.3, -0.25) is 4.90 Å². The topological polar surface area (TPSA) is 60.0 Å². The Balaban J connectivity index is 2.19. The zero-order valence-electron chi connectivity index (χ0n) is 15.0. The first-order valence-electron chi connectivity index (χ1n) is 8.01. The van der Waals surface area contributed by atoms with Crippen molar-refractivity contribution in [2.45, 2.75) is 13.2 Å². The molecule has 1 amide bonds. The third-order valence-electron chi connectivity index (χ3n) is 3.51. The van der Waals surface area contributed by atoms with Gasteiger partial charge in [-0.2, -0.15) is 0 Å². The maximum Gasteiger partial charge on any atom is 0.419 e. The molecular weight excluding hydrogens is 352 g/mol. The van der Waals surface area contributed by atoms with E-state index in [9.17, 15) is 4.79 Å². The van der Waals surface area contributed by atoms with Crippen molar-refractivity contribution >= 4 is 34.7 Å². The number of nitrogens with one attached hydrogen (secondary N) is 1. The van der Waals surface area contributed by atoms with Crippen LogP contribution in [0.5, 0.6) is 5.75 Å². The number of thiocarbonyl (C=S) groups is 1. The number of ether oxygens (including phenoxy) is 3. The van der Waals surface area contributed by atoms with Crippen LogP contribution >= 0.6 is 12.2 Å². The van der Waals surface area contributed by atoms with Crippen molar-refractivity contribution in [3.8, 4) is 5.75 Å². The number of hydrogen-bond acceptors (Lipinski definition) is 5. The van der Waals surface area contributed by atoms with Gasteiger partial charge in [0.2, 0.25) is 0 Å². The molecule has 138 valence electrons. The summed E-state index contributed by atoms with van der Waals surface area (Å²) in [6, 6.07) is 16.2. The summed E-state index contributed by atoms with van der Waals surface area (Å²) in [6.07, 6.45) is -1.11. The summed E-state index contributed by atoms with van der Waals surface area (Å²) in [7, 11) is 3.04. The quantitative estimate of drug-likeness (QED) is 0.582. The van der Waals surface area contributed by atoms with E-state index in [1.807, 2.05) is 36.4 Å². The molecule has 1 N–H and O–H groups in total. The van der Waals surface area contributed by atoms with Gasteiger partial charge < -0.3 is 19.5 Å². The predicted octanol–water partition coefficient (Wildman–Crippen LogP) is 4.07. The molecule has 2 rings (SSSR count). The van der Waals surface area contributed by atoms with Gasteiger partial charge in [0.25, 0.3) is 0 Å². The summed E-state index contributed by atoms with van der Waals surface area (Å²) in [4.78, 5) is 14.8. The number of benzene rings is 2. The Morgan fingerprint density at radius 1 is 1.12 bits per heavy atom. The van der Waals surface area contributed by atoms with Crippen molar-refractivity contribution < 1.29 is 19.0 Å². The molecule has 0 aliphatic heterocycles. The Hall–Kier alpha value is -2.48. The fourth-order valence-corrected chi connectivity index (χ4v) is 2.40. The van der Waals surface area contributed by atoms with E-state index < -0.39 is 12.4 Å². The number of carbonyl (C=O) groups excluding carboxylic acids is 1. The largest absolute Gasteiger partial charge is 0.419 e. The number of carbonyl (C=O) groups is 1. The first-order chi connectivity index (χ1) is 12.5. The van der Waals surface area contributed by atoms with Gasteiger partial charge in [-0.15, -0.1) is 0 Å². The smallest absolute Gasteiger partial charge is 0.410 e. The summed E-state index contributed by atoms with van der Waals surface area (Å²) in [5, 5.41) is 3.02. The van der Waals surface area contributed by atoms with Crippen LogP contribution in [0.15, 0.2) is 54.6 Å². The second-order valence-corrected chi connectivity index (χ2v) is 6.04. The SMILES string of the molecule is COC(CN(C(=O)Oc1cccc(NC(C)=S)c1)c1ccccc1)OC. The van der Waals surface area contributed by atoms with Crippen molar-refractivity contribution in [2.24, 2.45) is 0 Å². The zero-order chi connectivity index (χ0) is 18.9. The molecule has 7 heteroatoms. The second kappa shape index (κ2) is 9.86. The molecule has 0 heterocycles. The van der Waals surface area contributed by atoms with E-state index >= 15 is 0 Å². The lowest BCUT2D eigenvalue weighted by atomic mass is 10.3. The third kappa shape index (κ3) is 5.80. The van der Waals surface area contributed by atoms with Crippen LogP contribution < -0.4 is 15.0 Å². The summed E-state index contributed by atoms with van der Waals surface area (Å²) in [5.74, 6) is 0.406. The molecule has 0 fully saturated rings. The molecular formula is C19H22N2O4S. The standard InChI is InChI=1S/C19H22N2O4S/c1-14(26)20-15-8-7-11-17(12-15)25-19(22)21(13-18(23-2)24-3)16-9-5-4-6-10-16/h4-12,18H,13H2,1-3H3,(H,20,26). The maximum atomic E-state index is 12.8. The molecule has 0 unspecified atom stereocenters. The number of amides is 1. The van der Waals surface area contributed by atoms with Crippen molar-refractivity contribution in [2.75, 3.05) is 31.0 Å². The minimum absolute atomic E-state index is 0.187. The zero-order valence-corrected chi connectivity index (χ0v) is 15.8. The molecule has 0 atom stereocenters. The van der Waals surface area contributed by atoms with E-state index in [2.05, 4.69) is 5.32 Å². The molecule has 0 aromatic heterocycles. The predicted molar refractivity (Wildman–Crippen MR) is 106 cm³/mol. The van der Waals surface area contributed by atoms with Crippen LogP contribution in [0.25, 0.3) is 0 Å². The Bertz CT molecular complexity index is 735. The van der Waals surface area contributed by atoms with Crippen molar-refractivity contribution in [1.82, 2.24) is 0 Å². The summed E-state index contributed by atoms with van der Waals surface area (Å²) < 4.78 is 16.0. The first-order valence-corrected chi connectivity index (χ1v) is 8.42. The highest BCUT2D eigenvalue weighted by Gasteiger charge is 2.22. The van der Waals surface area contributed by atoms with E-state index in [-0.39, 0.29) is 6.54 Å². The molecule has 26 heavy (non-hydrogen) atoms. The van der Waals surface area contributed by atoms with Gasteiger partial charge in [0.05, 0.1) is 11.5 Å². The van der Waals surface area contributed by atoms with E-state index in [1.165, 1.54) is 19.1 Å². The molecule has 0 saturated carbocycles. The van der Waals surface area contributed by atoms with E-state index in [1.54, 1.807) is 25.1 Å². The number of para-hydroxylation sites is 1. The van der Waals surface area contributed by atoms with Crippen LogP contribution in [0.1, 0.15) is 6.92 Å². The molecule has 0 spiro atoms. The van der Waals surface area contributed by atoms with Crippen LogP contribution in [0.3, 0.4) is 0 Å². The monoisotopic (exact) mass is 374 g/mol. The lowest BCUT2D eigenvalue weighted by molar-refractivity contribution is -0.0943. The normalized spacial score (nSPS) is 10.5. The van der Waals surface area contributed by atoms with Gasteiger partial charge in [-0.1, -0.05) is 36.5 Å². The molecule has 2 aromatic carbocycles. The molecule has 0 radical (unpaired) electrons. The highest BCUT2D eigenvalue weighted by Crippen LogP contribution is 2.21. The number of rotatable bonds is 7. The van der Waals surface area contributed by atoms with Gasteiger partial charge in [-0.05, 0) is 31.2 Å². The maximum absolute atomic E-state index is 12.8. The third-order valence-corrected chi connectivity index (χ3v) is 3.61. The molecule has 0 aliphatic rings. The minimum Gasteiger partial charge on any atom is -0.410 e. The highest BCUT2D eigenvalue weighted by molar-refractivity contribution is 7.80. The van der Waals surface area contributed by atoms with Crippen LogP contribution in [-0.2, 0) is 9.47 Å². The molecule has 6 nitrogen and oxygen atoms in total. The number of methoxy groups -OCH3 is 2. The fourth-order valence-electron chi connectivity index (χ4n) is 2.28. The average molecular weight is 374 g/mol. The summed E-state index contributed by atoms with van der Waals surface area (Å²) in [6.45, 7) is 1.97. The van der Waals surface area contributed by atoms with Crippen LogP contribution in [0.4, 0.5) is 16.2 Å². The van der Waals surface area contributed by atoms with Crippen molar-refractivity contribution in [1.29, 1.82) is 0 Å². The Kier molecular flexibility index (Phi) is 7.53. The molecule has 0 saturated heterocycles. The second-order valence-electron chi connectivity index (χ2n) is 5.42. The van der Waals surface area contributed by atoms with Crippen LogP contribution in [-0.4, -0.2) is 38.1 Å². The Labute approximate surface area is 158 Å². The summed E-state index contributed by atoms with van der Waals surface area (Å²) >= 11 is 5.03. The summed E-state index contributed by atoms with van der Waals surface area (Å²) in [5.41, 5.74) is 1.43. The lowest BCUT2D eigenvalue weighted by Crippen LogP contribution is -2.40. The van der Waals surface area contributed by atoms with Gasteiger partial charge in [-0.25, -0.2) is 4.79 Å². The highest BCUT2D eigenvalue weighted by atomic mass is 32.1. The van der Waals surface area contributed by atoms with E-state index in [4.69, 9.17) is 26.4 Å². The molecule has 2 aromatic rings. The lowest BCUT2D eigenvalue weighted by Gasteiger charge is -2.25. The van der Waals surface area contributed by atoms with Crippen LogP contribution in [0, 0.1) is 0 Å². The number of nitrogens with zero attached hydrogens (tertiary/aromatic N) is 1. The van der Waals surface area contributed by atoms with Gasteiger partial charge >= 0.3 is 6.09 Å². The minimum atomic E-state index is -0.576. The van der Waals surface area contributed by atoms with Crippen molar-refractivity contribution in [3.05, 3.63) is 54.6 Å². The van der Waals surface area contributed by atoms with Gasteiger partial charge in [0.1, 0.15) is 5.75 Å². The first kappa shape index (κ1) is 19.8. The van der Waals surface area contributed by atoms with Crippen molar-refractivity contribution in [3.63, 3.8) is 0 Å². The molecule has 0 aliphatic carbocycles. The fraction of sp³-hybridized carbons (Fsp3) is 0.263. The Morgan fingerprint density at radius 2 is 1.81 bits per heavy atom. The van der Waals surface area contributed by atoms with Gasteiger partial charge in [0.15, 0.2) is 6.29 Å². The number of hydrogen-bond donors (Lipinski definition) is 1. The van der Waals surface area contributed by atoms with Gasteiger partial charge in [0, 0.05) is 31.7 Å². The number of anilines is 2. The van der Waals surface area contributed by atoms with E-state index in [0.717, 1.165) is 5.69 Å². The Morgan fingerprint density at radius 3 is 2.42 bits per heavy atom. The molecule has 0 bridgehead atoms. The van der Waals surface area contributed by atoms with Crippen LogP contribution in [0.2, 0.25) is 0 Å².